The molecule has 152 valence electrons. The van der Waals surface area contributed by atoms with Gasteiger partial charge in [-0.1, -0.05) is 13.8 Å². The monoisotopic (exact) mass is 406 g/mol. The van der Waals surface area contributed by atoms with E-state index >= 15 is 0 Å². The number of fused-ring (bicyclic) bond motifs is 3. The van der Waals surface area contributed by atoms with Gasteiger partial charge in [0.2, 0.25) is 0 Å². The summed E-state index contributed by atoms with van der Waals surface area (Å²) in [5, 5.41) is 0. The van der Waals surface area contributed by atoms with Crippen LogP contribution in [0.5, 0.6) is 5.75 Å². The molecule has 0 spiro atoms. The van der Waals surface area contributed by atoms with Crippen LogP contribution in [0.2, 0.25) is 0 Å². The summed E-state index contributed by atoms with van der Waals surface area (Å²) in [6.07, 6.45) is 1.69. The van der Waals surface area contributed by atoms with Gasteiger partial charge in [0.25, 0.3) is 10.1 Å². The Hall–Kier alpha value is -1.73. The lowest BCUT2D eigenvalue weighted by Crippen LogP contribution is -2.44. The second kappa shape index (κ2) is 6.39. The van der Waals surface area contributed by atoms with Gasteiger partial charge in [-0.3, -0.25) is 13.8 Å². The van der Waals surface area contributed by atoms with Crippen LogP contribution in [0.4, 0.5) is 0 Å². The quantitative estimate of drug-likeness (QED) is 0.699. The molecule has 2 bridgehead atoms. The molecule has 2 fully saturated rings. The van der Waals surface area contributed by atoms with Crippen molar-refractivity contribution in [1.82, 2.24) is 0 Å². The van der Waals surface area contributed by atoms with E-state index in [9.17, 15) is 18.0 Å². The van der Waals surface area contributed by atoms with E-state index in [0.29, 0.717) is 37.0 Å². The van der Waals surface area contributed by atoms with Crippen molar-refractivity contribution < 1.29 is 26.9 Å². The van der Waals surface area contributed by atoms with Gasteiger partial charge in [-0.25, -0.2) is 0 Å². The van der Waals surface area contributed by atoms with E-state index in [-0.39, 0.29) is 28.7 Å². The number of hydrogen-bond donors (Lipinski definition) is 0. The van der Waals surface area contributed by atoms with Crippen molar-refractivity contribution >= 4 is 21.7 Å². The van der Waals surface area contributed by atoms with Gasteiger partial charge in [0.1, 0.15) is 17.6 Å². The Morgan fingerprint density at radius 1 is 1.18 bits per heavy atom. The van der Waals surface area contributed by atoms with Crippen LogP contribution in [0, 0.1) is 16.7 Å². The summed E-state index contributed by atoms with van der Waals surface area (Å²) in [6.45, 7) is 3.97. The maximum absolute atomic E-state index is 12.9. The summed E-state index contributed by atoms with van der Waals surface area (Å²) in [6, 6.07) is 5.14. The molecule has 7 heteroatoms. The summed E-state index contributed by atoms with van der Waals surface area (Å²) < 4.78 is 36.3. The highest BCUT2D eigenvalue weighted by molar-refractivity contribution is 7.86. The zero-order valence-corrected chi connectivity index (χ0v) is 17.3. The Balaban J connectivity index is 1.54. The normalized spacial score (nSPS) is 31.1. The SMILES string of the molecule is COc1ccc2c(c1)CC[C@@H](OS(=O)(=O)C[C@]13CC[C@H](CC1=O)C3(C)C)C2=O. The third kappa shape index (κ3) is 2.82. The molecule has 0 unspecified atom stereocenters. The minimum Gasteiger partial charge on any atom is -0.497 e. The van der Waals surface area contributed by atoms with Crippen LogP contribution in [0.25, 0.3) is 0 Å². The number of carbonyl (C=O) groups excluding carboxylic acids is 2. The molecule has 0 amide bonds. The van der Waals surface area contributed by atoms with Gasteiger partial charge in [0.05, 0.1) is 18.3 Å². The smallest absolute Gasteiger partial charge is 0.269 e. The molecular formula is C21H26O6S. The summed E-state index contributed by atoms with van der Waals surface area (Å²) in [4.78, 5) is 25.4. The summed E-state index contributed by atoms with van der Waals surface area (Å²) >= 11 is 0. The lowest BCUT2D eigenvalue weighted by Gasteiger charge is -2.36. The molecule has 1 aromatic carbocycles. The van der Waals surface area contributed by atoms with Gasteiger partial charge in [-0.15, -0.1) is 0 Å². The molecule has 0 radical (unpaired) electrons. The van der Waals surface area contributed by atoms with Crippen LogP contribution in [-0.2, 0) is 25.5 Å². The molecule has 0 heterocycles. The number of methoxy groups -OCH3 is 1. The van der Waals surface area contributed by atoms with Gasteiger partial charge >= 0.3 is 0 Å². The number of aryl methyl sites for hydroxylation is 1. The first-order chi connectivity index (χ1) is 13.1. The minimum atomic E-state index is -4.03. The Kier molecular flexibility index (Phi) is 4.47. The lowest BCUT2D eigenvalue weighted by atomic mass is 9.70. The predicted molar refractivity (Wildman–Crippen MR) is 103 cm³/mol. The molecule has 1 aromatic rings. The minimum absolute atomic E-state index is 0.0216. The fourth-order valence-electron chi connectivity index (χ4n) is 5.45. The van der Waals surface area contributed by atoms with Crippen molar-refractivity contribution in [2.24, 2.45) is 16.7 Å². The predicted octanol–water partition coefficient (Wildman–Crippen LogP) is 2.93. The topological polar surface area (TPSA) is 86.7 Å². The Morgan fingerprint density at radius 3 is 2.54 bits per heavy atom. The third-order valence-corrected chi connectivity index (χ3v) is 8.74. The van der Waals surface area contributed by atoms with E-state index in [1.165, 1.54) is 0 Å². The van der Waals surface area contributed by atoms with Gasteiger partial charge < -0.3 is 4.74 Å². The summed E-state index contributed by atoms with van der Waals surface area (Å²) in [5.74, 6) is 0.255. The fraction of sp³-hybridized carbons (Fsp3) is 0.619. The second-order valence-corrected chi connectivity index (χ2v) is 10.5. The Bertz CT molecular complexity index is 948. The van der Waals surface area contributed by atoms with E-state index in [4.69, 9.17) is 8.92 Å². The van der Waals surface area contributed by atoms with Crippen molar-refractivity contribution in [3.63, 3.8) is 0 Å². The van der Waals surface area contributed by atoms with Crippen molar-refractivity contribution in [1.29, 1.82) is 0 Å². The van der Waals surface area contributed by atoms with E-state index in [1.54, 1.807) is 25.3 Å². The molecule has 6 nitrogen and oxygen atoms in total. The number of Topliss-reactive ketones (excluding diaryl/α,β-unsaturated/α-hetero) is 2. The first kappa shape index (κ1) is 19.6. The number of rotatable bonds is 5. The molecule has 2 saturated carbocycles. The van der Waals surface area contributed by atoms with Gasteiger partial charge in [0, 0.05) is 12.0 Å². The molecule has 3 atom stereocenters. The molecule has 3 aliphatic carbocycles. The van der Waals surface area contributed by atoms with Crippen LogP contribution < -0.4 is 4.74 Å². The second-order valence-electron chi connectivity index (χ2n) is 8.88. The summed E-state index contributed by atoms with van der Waals surface area (Å²) in [7, 11) is -2.47. The van der Waals surface area contributed by atoms with Crippen molar-refractivity contribution in [3.8, 4) is 5.75 Å². The molecule has 0 aliphatic heterocycles. The van der Waals surface area contributed by atoms with Crippen LogP contribution in [0.15, 0.2) is 18.2 Å². The number of benzene rings is 1. The highest BCUT2D eigenvalue weighted by atomic mass is 32.2. The average Bonchev–Trinajstić information content (AvgIpc) is 2.97. The zero-order chi connectivity index (χ0) is 20.3. The number of ether oxygens (including phenoxy) is 1. The molecule has 0 N–H and O–H groups in total. The molecule has 3 aliphatic rings. The molecule has 0 aromatic heterocycles. The highest BCUT2D eigenvalue weighted by Crippen LogP contribution is 2.64. The largest absolute Gasteiger partial charge is 0.497 e. The van der Waals surface area contributed by atoms with E-state index < -0.39 is 21.6 Å². The van der Waals surface area contributed by atoms with Gasteiger partial charge in [0.15, 0.2) is 5.78 Å². The average molecular weight is 407 g/mol. The Labute approximate surface area is 165 Å². The number of ketones is 2. The lowest BCUT2D eigenvalue weighted by molar-refractivity contribution is -0.128. The van der Waals surface area contributed by atoms with Gasteiger partial charge in [-0.05, 0) is 60.8 Å². The molecular weight excluding hydrogens is 380 g/mol. The number of hydrogen-bond acceptors (Lipinski definition) is 6. The van der Waals surface area contributed by atoms with Crippen molar-refractivity contribution in [3.05, 3.63) is 29.3 Å². The first-order valence-corrected chi connectivity index (χ1v) is 11.3. The van der Waals surface area contributed by atoms with Gasteiger partial charge in [-0.2, -0.15) is 8.42 Å². The molecule has 4 rings (SSSR count). The fourth-order valence-corrected chi connectivity index (χ4v) is 7.33. The van der Waals surface area contributed by atoms with Crippen molar-refractivity contribution in [2.45, 2.75) is 52.1 Å². The van der Waals surface area contributed by atoms with Crippen molar-refractivity contribution in [2.75, 3.05) is 12.9 Å². The zero-order valence-electron chi connectivity index (χ0n) is 16.5. The molecule has 28 heavy (non-hydrogen) atoms. The highest BCUT2D eigenvalue weighted by Gasteiger charge is 2.65. The van der Waals surface area contributed by atoms with Crippen LogP contribution in [0.1, 0.15) is 55.5 Å². The van der Waals surface area contributed by atoms with Crippen LogP contribution >= 0.6 is 0 Å². The Morgan fingerprint density at radius 2 is 1.93 bits per heavy atom. The third-order valence-electron chi connectivity index (χ3n) is 7.37. The van der Waals surface area contributed by atoms with E-state index in [1.807, 2.05) is 13.8 Å². The maximum atomic E-state index is 12.9. The van der Waals surface area contributed by atoms with E-state index in [0.717, 1.165) is 12.0 Å². The first-order valence-electron chi connectivity index (χ1n) is 9.75. The van der Waals surface area contributed by atoms with E-state index in [2.05, 4.69) is 0 Å². The standard InChI is InChI=1S/C21H26O6S/c1-20(2)14-8-9-21(20,18(22)11-14)12-28(24,25)27-17-7-4-13-10-15(26-3)5-6-16(13)19(17)23/h5-6,10,14,17H,4,7-9,11-12H2,1-3H3/t14-,17-,21-/m1/s1. The maximum Gasteiger partial charge on any atom is 0.269 e. The number of carbonyl (C=O) groups is 2. The van der Waals surface area contributed by atoms with Crippen LogP contribution in [-0.4, -0.2) is 39.0 Å². The molecule has 0 saturated heterocycles. The summed E-state index contributed by atoms with van der Waals surface area (Å²) in [5.41, 5.74) is 0.0641. The van der Waals surface area contributed by atoms with Crippen LogP contribution in [0.3, 0.4) is 0 Å².